The van der Waals surface area contributed by atoms with Gasteiger partial charge in [-0.3, -0.25) is 4.79 Å². The highest BCUT2D eigenvalue weighted by Gasteiger charge is 2.25. The number of halogens is 1. The van der Waals surface area contributed by atoms with E-state index in [1.807, 2.05) is 25.1 Å². The van der Waals surface area contributed by atoms with Gasteiger partial charge >= 0.3 is 0 Å². The van der Waals surface area contributed by atoms with Crippen LogP contribution in [0.2, 0.25) is 0 Å². The van der Waals surface area contributed by atoms with Crippen LogP contribution < -0.4 is 0 Å². The van der Waals surface area contributed by atoms with E-state index >= 15 is 0 Å². The summed E-state index contributed by atoms with van der Waals surface area (Å²) >= 11 is 3.47. The second kappa shape index (κ2) is 5.53. The lowest BCUT2D eigenvalue weighted by Crippen LogP contribution is -2.39. The number of hydrogen-bond donors (Lipinski definition) is 0. The lowest BCUT2D eigenvalue weighted by atomic mass is 9.99. The predicted molar refractivity (Wildman–Crippen MR) is 73.1 cm³/mol. The molecule has 2 rings (SSSR count). The molecule has 1 heterocycles. The Morgan fingerprint density at radius 2 is 2.33 bits per heavy atom. The van der Waals surface area contributed by atoms with Gasteiger partial charge in [-0.25, -0.2) is 0 Å². The third kappa shape index (κ3) is 2.56. The minimum Gasteiger partial charge on any atom is -0.337 e. The maximum absolute atomic E-state index is 12.4. The van der Waals surface area contributed by atoms with Crippen LogP contribution in [0, 0.1) is 24.2 Å². The summed E-state index contributed by atoms with van der Waals surface area (Å²) < 4.78 is 0.856. The Morgan fingerprint density at radius 1 is 1.56 bits per heavy atom. The molecule has 94 valence electrons. The molecule has 0 spiro atoms. The maximum atomic E-state index is 12.4. The molecule has 4 heteroatoms. The molecule has 0 N–H and O–H groups in total. The van der Waals surface area contributed by atoms with Crippen LogP contribution in [0.4, 0.5) is 0 Å². The SMILES string of the molecule is Cc1cccc(C(=O)N2CCCC(C#N)C2)c1Br. The molecule has 3 nitrogen and oxygen atoms in total. The number of carbonyl (C=O) groups excluding carboxylic acids is 1. The van der Waals surface area contributed by atoms with Crippen molar-refractivity contribution in [3.8, 4) is 6.07 Å². The van der Waals surface area contributed by atoms with Crippen LogP contribution >= 0.6 is 15.9 Å². The monoisotopic (exact) mass is 306 g/mol. The van der Waals surface area contributed by atoms with E-state index < -0.39 is 0 Å². The van der Waals surface area contributed by atoms with Gasteiger partial charge in [0.2, 0.25) is 0 Å². The molecule has 0 saturated carbocycles. The van der Waals surface area contributed by atoms with Gasteiger partial charge in [0.25, 0.3) is 5.91 Å². The summed E-state index contributed by atoms with van der Waals surface area (Å²) in [6, 6.07) is 7.94. The molecule has 1 aromatic carbocycles. The van der Waals surface area contributed by atoms with Gasteiger partial charge in [-0.2, -0.15) is 5.26 Å². The van der Waals surface area contributed by atoms with Gasteiger partial charge in [0, 0.05) is 17.6 Å². The molecule has 1 atom stereocenters. The number of nitriles is 1. The van der Waals surface area contributed by atoms with Crippen molar-refractivity contribution in [3.63, 3.8) is 0 Å². The first kappa shape index (κ1) is 13.1. The lowest BCUT2D eigenvalue weighted by Gasteiger charge is -2.30. The van der Waals surface area contributed by atoms with Crippen molar-refractivity contribution in [1.29, 1.82) is 5.26 Å². The molecule has 0 aliphatic carbocycles. The number of likely N-dealkylation sites (tertiary alicyclic amines) is 1. The molecular formula is C14H15BrN2O. The summed E-state index contributed by atoms with van der Waals surface area (Å²) in [5.74, 6) is -0.00295. The molecule has 1 aliphatic rings. The van der Waals surface area contributed by atoms with Gasteiger partial charge in [0.05, 0.1) is 17.6 Å². The molecule has 0 aromatic heterocycles. The second-order valence-electron chi connectivity index (χ2n) is 4.66. The minimum atomic E-state index is -0.0220. The molecule has 1 unspecified atom stereocenters. The van der Waals surface area contributed by atoms with Gasteiger partial charge < -0.3 is 4.90 Å². The zero-order chi connectivity index (χ0) is 13.1. The Kier molecular flexibility index (Phi) is 4.03. The molecule has 1 aromatic rings. The Balaban J connectivity index is 2.21. The van der Waals surface area contributed by atoms with Crippen molar-refractivity contribution in [2.75, 3.05) is 13.1 Å². The third-order valence-corrected chi connectivity index (χ3v) is 4.37. The summed E-state index contributed by atoms with van der Waals surface area (Å²) in [6.45, 7) is 3.27. The third-order valence-electron chi connectivity index (χ3n) is 3.31. The highest BCUT2D eigenvalue weighted by molar-refractivity contribution is 9.10. The molecule has 18 heavy (non-hydrogen) atoms. The fourth-order valence-corrected chi connectivity index (χ4v) is 2.68. The smallest absolute Gasteiger partial charge is 0.255 e. The summed E-state index contributed by atoms with van der Waals surface area (Å²) in [5, 5.41) is 8.96. The number of piperidine rings is 1. The van der Waals surface area contributed by atoms with E-state index in [2.05, 4.69) is 22.0 Å². The van der Waals surface area contributed by atoms with Crippen molar-refractivity contribution >= 4 is 21.8 Å². The summed E-state index contributed by atoms with van der Waals surface area (Å²) in [4.78, 5) is 14.2. The number of hydrogen-bond acceptors (Lipinski definition) is 2. The van der Waals surface area contributed by atoms with Crippen LogP contribution in [-0.2, 0) is 0 Å². The quantitative estimate of drug-likeness (QED) is 0.800. The summed E-state index contributed by atoms with van der Waals surface area (Å²) in [6.07, 6.45) is 1.81. The zero-order valence-electron chi connectivity index (χ0n) is 10.3. The van der Waals surface area contributed by atoms with Gasteiger partial charge in [-0.15, -0.1) is 0 Å². The number of benzene rings is 1. The number of nitrogens with zero attached hydrogens (tertiary/aromatic N) is 2. The topological polar surface area (TPSA) is 44.1 Å². The standard InChI is InChI=1S/C14H15BrN2O/c1-10-4-2-6-12(13(10)15)14(18)17-7-3-5-11(8-16)9-17/h2,4,6,11H,3,5,7,9H2,1H3. The van der Waals surface area contributed by atoms with Gasteiger partial charge in [-0.1, -0.05) is 12.1 Å². The van der Waals surface area contributed by atoms with Crippen LogP contribution in [0.3, 0.4) is 0 Å². The fraction of sp³-hybridized carbons (Fsp3) is 0.429. The van der Waals surface area contributed by atoms with Crippen LogP contribution in [0.5, 0.6) is 0 Å². The minimum absolute atomic E-state index is 0.0190. The molecule has 1 saturated heterocycles. The molecule has 0 bridgehead atoms. The maximum Gasteiger partial charge on any atom is 0.255 e. The van der Waals surface area contributed by atoms with Crippen molar-refractivity contribution in [3.05, 3.63) is 33.8 Å². The molecule has 1 aliphatic heterocycles. The highest BCUT2D eigenvalue weighted by Crippen LogP contribution is 2.24. The van der Waals surface area contributed by atoms with E-state index in [1.165, 1.54) is 0 Å². The van der Waals surface area contributed by atoms with Crippen molar-refractivity contribution in [2.24, 2.45) is 5.92 Å². The first-order chi connectivity index (χ1) is 8.63. The average molecular weight is 307 g/mol. The molecule has 1 fully saturated rings. The normalized spacial score (nSPS) is 19.4. The van der Waals surface area contributed by atoms with Crippen LogP contribution in [0.15, 0.2) is 22.7 Å². The Labute approximate surface area is 116 Å². The van der Waals surface area contributed by atoms with Crippen molar-refractivity contribution < 1.29 is 4.79 Å². The van der Waals surface area contributed by atoms with E-state index in [0.29, 0.717) is 12.1 Å². The van der Waals surface area contributed by atoms with E-state index in [4.69, 9.17) is 5.26 Å². The van der Waals surface area contributed by atoms with E-state index in [1.54, 1.807) is 4.90 Å². The van der Waals surface area contributed by atoms with E-state index in [-0.39, 0.29) is 11.8 Å². The highest BCUT2D eigenvalue weighted by atomic mass is 79.9. The second-order valence-corrected chi connectivity index (χ2v) is 5.45. The first-order valence-corrected chi connectivity index (χ1v) is 6.86. The Morgan fingerprint density at radius 3 is 3.06 bits per heavy atom. The van der Waals surface area contributed by atoms with Gasteiger partial charge in [0.1, 0.15) is 0 Å². The van der Waals surface area contributed by atoms with Crippen LogP contribution in [-0.4, -0.2) is 23.9 Å². The predicted octanol–water partition coefficient (Wildman–Crippen LogP) is 3.13. The van der Waals surface area contributed by atoms with Crippen molar-refractivity contribution in [1.82, 2.24) is 4.90 Å². The molecular weight excluding hydrogens is 292 g/mol. The Hall–Kier alpha value is -1.34. The van der Waals surface area contributed by atoms with Crippen molar-refractivity contribution in [2.45, 2.75) is 19.8 Å². The number of carbonyl (C=O) groups is 1. The fourth-order valence-electron chi connectivity index (χ4n) is 2.25. The van der Waals surface area contributed by atoms with Crippen LogP contribution in [0.25, 0.3) is 0 Å². The molecule has 0 radical (unpaired) electrons. The van der Waals surface area contributed by atoms with E-state index in [0.717, 1.165) is 29.4 Å². The number of aryl methyl sites for hydroxylation is 1. The molecule has 1 amide bonds. The average Bonchev–Trinajstić information content (AvgIpc) is 2.41. The first-order valence-electron chi connectivity index (χ1n) is 6.07. The van der Waals surface area contributed by atoms with E-state index in [9.17, 15) is 4.79 Å². The summed E-state index contributed by atoms with van der Waals surface area (Å²) in [7, 11) is 0. The van der Waals surface area contributed by atoms with Crippen LogP contribution in [0.1, 0.15) is 28.8 Å². The number of amides is 1. The summed E-state index contributed by atoms with van der Waals surface area (Å²) in [5.41, 5.74) is 1.74. The van der Waals surface area contributed by atoms with Gasteiger partial charge in [-0.05, 0) is 47.3 Å². The number of rotatable bonds is 1. The lowest BCUT2D eigenvalue weighted by molar-refractivity contribution is 0.0697. The Bertz CT molecular complexity index is 507. The zero-order valence-corrected chi connectivity index (χ0v) is 11.9. The largest absolute Gasteiger partial charge is 0.337 e. The van der Waals surface area contributed by atoms with Gasteiger partial charge in [0.15, 0.2) is 0 Å².